The van der Waals surface area contributed by atoms with Crippen LogP contribution in [0.1, 0.15) is 35.6 Å². The molecule has 0 fully saturated rings. The molecule has 0 aliphatic carbocycles. The molecule has 90 valence electrons. The van der Waals surface area contributed by atoms with Crippen molar-refractivity contribution in [2.75, 3.05) is 13.7 Å². The molecule has 0 aromatic carbocycles. The van der Waals surface area contributed by atoms with Gasteiger partial charge in [0, 0.05) is 22.2 Å². The van der Waals surface area contributed by atoms with Crippen LogP contribution in [0, 0.1) is 6.92 Å². The summed E-state index contributed by atoms with van der Waals surface area (Å²) in [5.41, 5.74) is 0. The van der Waals surface area contributed by atoms with Gasteiger partial charge in [0.05, 0.1) is 7.11 Å². The third-order valence-corrected chi connectivity index (χ3v) is 3.61. The number of carbonyl (C=O) groups excluding carboxylic acids is 1. The van der Waals surface area contributed by atoms with Gasteiger partial charge in [0.2, 0.25) is 0 Å². The smallest absolute Gasteiger partial charge is 0.305 e. The molecule has 0 aliphatic heterocycles. The minimum Gasteiger partial charge on any atom is -0.469 e. The molecule has 1 aromatic rings. The monoisotopic (exact) mass is 241 g/mol. The normalized spacial score (nSPS) is 12.4. The summed E-state index contributed by atoms with van der Waals surface area (Å²) in [7, 11) is 1.42. The molecule has 0 aliphatic rings. The Hall–Kier alpha value is -0.870. The van der Waals surface area contributed by atoms with Crippen LogP contribution in [-0.2, 0) is 9.53 Å². The lowest BCUT2D eigenvalue weighted by Crippen LogP contribution is -2.19. The molecule has 16 heavy (non-hydrogen) atoms. The Morgan fingerprint density at radius 2 is 2.31 bits per heavy atom. The van der Waals surface area contributed by atoms with Gasteiger partial charge in [0.15, 0.2) is 0 Å². The van der Waals surface area contributed by atoms with E-state index in [1.54, 1.807) is 0 Å². The maximum Gasteiger partial charge on any atom is 0.305 e. The second kappa shape index (κ2) is 6.66. The molecule has 0 amide bonds. The highest BCUT2D eigenvalue weighted by Gasteiger charge is 2.07. The fourth-order valence-electron chi connectivity index (χ4n) is 1.44. The largest absolute Gasteiger partial charge is 0.469 e. The molecule has 1 heterocycles. The van der Waals surface area contributed by atoms with E-state index in [2.05, 4.69) is 36.0 Å². The summed E-state index contributed by atoms with van der Waals surface area (Å²) in [4.78, 5) is 13.6. The van der Waals surface area contributed by atoms with Gasteiger partial charge in [-0.2, -0.15) is 0 Å². The summed E-state index contributed by atoms with van der Waals surface area (Å²) < 4.78 is 4.58. The van der Waals surface area contributed by atoms with Crippen molar-refractivity contribution in [1.29, 1.82) is 0 Å². The Morgan fingerprint density at radius 3 is 2.88 bits per heavy atom. The summed E-state index contributed by atoms with van der Waals surface area (Å²) in [5, 5.41) is 3.39. The van der Waals surface area contributed by atoms with Crippen molar-refractivity contribution in [3.05, 3.63) is 21.9 Å². The molecule has 0 spiro atoms. The van der Waals surface area contributed by atoms with Crippen LogP contribution in [0.3, 0.4) is 0 Å². The van der Waals surface area contributed by atoms with Crippen molar-refractivity contribution in [3.8, 4) is 0 Å². The van der Waals surface area contributed by atoms with Crippen LogP contribution in [0.15, 0.2) is 12.1 Å². The molecule has 0 radical (unpaired) electrons. The van der Waals surface area contributed by atoms with E-state index in [-0.39, 0.29) is 5.97 Å². The number of methoxy groups -OCH3 is 1. The van der Waals surface area contributed by atoms with Crippen LogP contribution in [0.4, 0.5) is 0 Å². The van der Waals surface area contributed by atoms with Gasteiger partial charge in [-0.25, -0.2) is 0 Å². The van der Waals surface area contributed by atoms with E-state index in [4.69, 9.17) is 0 Å². The van der Waals surface area contributed by atoms with Crippen molar-refractivity contribution in [3.63, 3.8) is 0 Å². The average molecular weight is 241 g/mol. The van der Waals surface area contributed by atoms with Crippen molar-refractivity contribution in [2.24, 2.45) is 0 Å². The summed E-state index contributed by atoms with van der Waals surface area (Å²) in [5.74, 6) is -0.138. The number of carbonyl (C=O) groups is 1. The second-order valence-electron chi connectivity index (χ2n) is 3.80. The van der Waals surface area contributed by atoms with Gasteiger partial charge in [-0.05, 0) is 38.9 Å². The molecule has 1 atom stereocenters. The molecule has 1 unspecified atom stereocenters. The maximum absolute atomic E-state index is 10.9. The predicted molar refractivity (Wildman–Crippen MR) is 66.7 cm³/mol. The number of ether oxygens (including phenoxy) is 1. The van der Waals surface area contributed by atoms with Gasteiger partial charge in [0.1, 0.15) is 0 Å². The molecule has 1 aromatic heterocycles. The third kappa shape index (κ3) is 4.33. The van der Waals surface area contributed by atoms with Crippen molar-refractivity contribution >= 4 is 17.3 Å². The molecule has 0 bridgehead atoms. The number of hydrogen-bond acceptors (Lipinski definition) is 4. The summed E-state index contributed by atoms with van der Waals surface area (Å²) in [6.07, 6.45) is 1.31. The quantitative estimate of drug-likeness (QED) is 0.614. The molecular formula is C12H19NO2S. The average Bonchev–Trinajstić information content (AvgIpc) is 2.70. The lowest BCUT2D eigenvalue weighted by molar-refractivity contribution is -0.140. The van der Waals surface area contributed by atoms with Gasteiger partial charge in [-0.15, -0.1) is 11.3 Å². The Morgan fingerprint density at radius 1 is 1.56 bits per heavy atom. The predicted octanol–water partition coefficient (Wildman–Crippen LogP) is 2.66. The number of esters is 1. The van der Waals surface area contributed by atoms with Crippen LogP contribution < -0.4 is 5.32 Å². The molecule has 0 saturated carbocycles. The lowest BCUT2D eigenvalue weighted by Gasteiger charge is -2.11. The van der Waals surface area contributed by atoms with Gasteiger partial charge < -0.3 is 10.1 Å². The number of thiophene rings is 1. The minimum atomic E-state index is -0.138. The number of nitrogens with one attached hydrogen (secondary N) is 1. The second-order valence-corrected chi connectivity index (χ2v) is 5.12. The fourth-order valence-corrected chi connectivity index (χ4v) is 2.34. The molecule has 1 rings (SSSR count). The number of hydrogen-bond donors (Lipinski definition) is 1. The zero-order valence-electron chi connectivity index (χ0n) is 10.1. The van der Waals surface area contributed by atoms with Crippen LogP contribution in [0.25, 0.3) is 0 Å². The SMILES string of the molecule is COC(=O)CCCNC(C)c1ccc(C)s1. The topological polar surface area (TPSA) is 38.3 Å². The Balaban J connectivity index is 2.20. The van der Waals surface area contributed by atoms with Crippen LogP contribution in [0.2, 0.25) is 0 Å². The zero-order valence-corrected chi connectivity index (χ0v) is 10.9. The molecule has 4 heteroatoms. The van der Waals surface area contributed by atoms with Gasteiger partial charge in [-0.1, -0.05) is 0 Å². The highest BCUT2D eigenvalue weighted by molar-refractivity contribution is 7.12. The van der Waals surface area contributed by atoms with Gasteiger partial charge >= 0.3 is 5.97 Å². The zero-order chi connectivity index (χ0) is 12.0. The van der Waals surface area contributed by atoms with E-state index in [0.717, 1.165) is 13.0 Å². The van der Waals surface area contributed by atoms with Gasteiger partial charge in [0.25, 0.3) is 0 Å². The molecule has 3 nitrogen and oxygen atoms in total. The highest BCUT2D eigenvalue weighted by atomic mass is 32.1. The van der Waals surface area contributed by atoms with Crippen LogP contribution >= 0.6 is 11.3 Å². The lowest BCUT2D eigenvalue weighted by atomic mass is 10.2. The summed E-state index contributed by atoms with van der Waals surface area (Å²) >= 11 is 1.81. The van der Waals surface area contributed by atoms with E-state index in [1.807, 2.05) is 11.3 Å². The van der Waals surface area contributed by atoms with Crippen molar-refractivity contribution < 1.29 is 9.53 Å². The molecule has 1 N–H and O–H groups in total. The maximum atomic E-state index is 10.9. The van der Waals surface area contributed by atoms with E-state index in [9.17, 15) is 4.79 Å². The Kier molecular flexibility index (Phi) is 5.49. The van der Waals surface area contributed by atoms with E-state index in [0.29, 0.717) is 12.5 Å². The van der Waals surface area contributed by atoms with Crippen molar-refractivity contribution in [2.45, 2.75) is 32.7 Å². The Labute approximate surface area is 101 Å². The number of rotatable bonds is 6. The first-order chi connectivity index (χ1) is 7.63. The van der Waals surface area contributed by atoms with Crippen LogP contribution in [0.5, 0.6) is 0 Å². The fraction of sp³-hybridized carbons (Fsp3) is 0.583. The van der Waals surface area contributed by atoms with Crippen LogP contribution in [-0.4, -0.2) is 19.6 Å². The first-order valence-corrected chi connectivity index (χ1v) is 6.31. The number of aryl methyl sites for hydroxylation is 1. The first kappa shape index (κ1) is 13.2. The van der Waals surface area contributed by atoms with E-state index >= 15 is 0 Å². The third-order valence-electron chi connectivity index (χ3n) is 2.42. The standard InChI is InChI=1S/C12H19NO2S/c1-9-6-7-11(16-9)10(2)13-8-4-5-12(14)15-3/h6-7,10,13H,4-5,8H2,1-3H3. The Bertz CT molecular complexity index is 336. The van der Waals surface area contributed by atoms with Crippen molar-refractivity contribution in [1.82, 2.24) is 5.32 Å². The summed E-state index contributed by atoms with van der Waals surface area (Å²) in [6, 6.07) is 4.64. The van der Waals surface area contributed by atoms with E-state index in [1.165, 1.54) is 16.9 Å². The first-order valence-electron chi connectivity index (χ1n) is 5.50. The molecular weight excluding hydrogens is 222 g/mol. The summed E-state index contributed by atoms with van der Waals surface area (Å²) in [6.45, 7) is 5.09. The van der Waals surface area contributed by atoms with Gasteiger partial charge in [-0.3, -0.25) is 4.79 Å². The minimum absolute atomic E-state index is 0.138. The molecule has 0 saturated heterocycles. The highest BCUT2D eigenvalue weighted by Crippen LogP contribution is 2.22. The van der Waals surface area contributed by atoms with E-state index < -0.39 is 0 Å².